The van der Waals surface area contributed by atoms with Crippen molar-refractivity contribution in [1.29, 1.82) is 0 Å². The highest BCUT2D eigenvalue weighted by Gasteiger charge is 2.51. The van der Waals surface area contributed by atoms with Crippen molar-refractivity contribution in [3.05, 3.63) is 12.2 Å². The highest BCUT2D eigenvalue weighted by molar-refractivity contribution is 7.47. The third-order valence-corrected chi connectivity index (χ3v) is 13.3. The van der Waals surface area contributed by atoms with E-state index in [-0.39, 0.29) is 12.8 Å². The number of hydrogen-bond acceptors (Lipinski definition) is 12. The molecule has 1 saturated carbocycles. The van der Waals surface area contributed by atoms with E-state index in [1.54, 1.807) is 0 Å². The molecule has 0 aromatic carbocycles. The molecule has 6 unspecified atom stereocenters. The Hall–Kier alpha value is -1.41. The van der Waals surface area contributed by atoms with Gasteiger partial charge in [-0.25, -0.2) is 4.57 Å². The molecule has 8 atom stereocenters. The summed E-state index contributed by atoms with van der Waals surface area (Å²) in [6.45, 7) is 3.33. The molecule has 0 heterocycles. The van der Waals surface area contributed by atoms with Gasteiger partial charge in [-0.2, -0.15) is 0 Å². The highest BCUT2D eigenvalue weighted by Crippen LogP contribution is 2.47. The van der Waals surface area contributed by atoms with Crippen LogP contribution in [0.25, 0.3) is 0 Å². The van der Waals surface area contributed by atoms with Crippen LogP contribution in [-0.2, 0) is 32.7 Å². The highest BCUT2D eigenvalue weighted by atomic mass is 31.2. The fraction of sp³-hybridized carbons (Fsp3) is 0.920. The van der Waals surface area contributed by atoms with Crippen molar-refractivity contribution >= 4 is 19.8 Å². The number of ether oxygens (including phenoxy) is 2. The van der Waals surface area contributed by atoms with Crippen molar-refractivity contribution in [2.75, 3.05) is 13.2 Å². The molecule has 0 aromatic rings. The zero-order valence-electron chi connectivity index (χ0n) is 40.3. The van der Waals surface area contributed by atoms with E-state index in [1.807, 2.05) is 0 Å². The van der Waals surface area contributed by atoms with Gasteiger partial charge in [0.15, 0.2) is 6.10 Å². The smallest absolute Gasteiger partial charge is 0.462 e. The molecule has 0 spiro atoms. The largest absolute Gasteiger partial charge is 0.472 e. The summed E-state index contributed by atoms with van der Waals surface area (Å²) < 4.78 is 33.6. The SMILES string of the molecule is CCCCCCCCC/C=C\CCCCCCCC(=O)OC[C@H](COP(=O)(O)OC1C(O)C(O)C(O)[C@@H](O)C1O)OC(=O)CCCCCCCCCCCCCCCCCCCCC. The third-order valence-electron chi connectivity index (χ3n) is 12.4. The normalized spacial score (nSPS) is 21.6. The summed E-state index contributed by atoms with van der Waals surface area (Å²) in [7, 11) is -5.12. The maximum absolute atomic E-state index is 12.8. The topological polar surface area (TPSA) is 210 Å². The van der Waals surface area contributed by atoms with E-state index in [0.29, 0.717) is 12.8 Å². The molecule has 64 heavy (non-hydrogen) atoms. The Labute approximate surface area is 388 Å². The van der Waals surface area contributed by atoms with Gasteiger partial charge in [-0.05, 0) is 38.5 Å². The summed E-state index contributed by atoms with van der Waals surface area (Å²) in [6, 6.07) is 0. The van der Waals surface area contributed by atoms with Crippen LogP contribution in [0, 0.1) is 0 Å². The molecule has 14 heteroatoms. The van der Waals surface area contributed by atoms with Gasteiger partial charge in [0.05, 0.1) is 6.61 Å². The van der Waals surface area contributed by atoms with E-state index >= 15 is 0 Å². The predicted molar refractivity (Wildman–Crippen MR) is 254 cm³/mol. The summed E-state index contributed by atoms with van der Waals surface area (Å²) in [5.74, 6) is -1.09. The first-order valence-corrected chi connectivity index (χ1v) is 27.5. The number of phosphoric ester groups is 1. The first-order chi connectivity index (χ1) is 30.9. The van der Waals surface area contributed by atoms with Crippen LogP contribution in [0.4, 0.5) is 0 Å². The summed E-state index contributed by atoms with van der Waals surface area (Å²) >= 11 is 0. The molecule has 0 aliphatic heterocycles. The molecule has 13 nitrogen and oxygen atoms in total. The third kappa shape index (κ3) is 32.3. The van der Waals surface area contributed by atoms with Crippen LogP contribution in [0.1, 0.15) is 239 Å². The molecule has 1 fully saturated rings. The van der Waals surface area contributed by atoms with Gasteiger partial charge in [-0.3, -0.25) is 18.6 Å². The number of aliphatic hydroxyl groups is 5. The van der Waals surface area contributed by atoms with Crippen LogP contribution in [-0.4, -0.2) is 98.3 Å². The zero-order chi connectivity index (χ0) is 47.1. The summed E-state index contributed by atoms with van der Waals surface area (Å²) in [6.07, 6.45) is 31.1. The monoisotopic (exact) mass is 935 g/mol. The van der Waals surface area contributed by atoms with Crippen molar-refractivity contribution in [2.45, 2.75) is 281 Å². The number of hydrogen-bond donors (Lipinski definition) is 6. The average Bonchev–Trinajstić information content (AvgIpc) is 3.28. The lowest BCUT2D eigenvalue weighted by atomic mass is 9.85. The Bertz CT molecular complexity index is 1170. The number of aliphatic hydroxyl groups excluding tert-OH is 5. The number of phosphoric acid groups is 1. The number of rotatable bonds is 44. The number of unbranched alkanes of at least 4 members (excludes halogenated alkanes) is 30. The van der Waals surface area contributed by atoms with Crippen molar-refractivity contribution in [3.63, 3.8) is 0 Å². The minimum absolute atomic E-state index is 0.101. The summed E-state index contributed by atoms with van der Waals surface area (Å²) in [4.78, 5) is 35.8. The maximum Gasteiger partial charge on any atom is 0.472 e. The van der Waals surface area contributed by atoms with Crippen LogP contribution >= 0.6 is 7.82 Å². The van der Waals surface area contributed by atoms with Crippen molar-refractivity contribution in [1.82, 2.24) is 0 Å². The van der Waals surface area contributed by atoms with E-state index in [0.717, 1.165) is 57.8 Å². The molecule has 0 aromatic heterocycles. The molecule has 0 radical (unpaired) electrons. The van der Waals surface area contributed by atoms with Gasteiger partial charge >= 0.3 is 19.8 Å². The number of carbonyl (C=O) groups is 2. The van der Waals surface area contributed by atoms with Gasteiger partial charge in [0.1, 0.15) is 43.2 Å². The lowest BCUT2D eigenvalue weighted by molar-refractivity contribution is -0.220. The molecular formula is C50H95O13P. The van der Waals surface area contributed by atoms with Gasteiger partial charge in [0.25, 0.3) is 0 Å². The molecule has 378 valence electrons. The second-order valence-corrected chi connectivity index (χ2v) is 19.8. The lowest BCUT2D eigenvalue weighted by Gasteiger charge is -2.41. The minimum Gasteiger partial charge on any atom is -0.462 e. The first-order valence-electron chi connectivity index (χ1n) is 26.0. The van der Waals surface area contributed by atoms with Crippen molar-refractivity contribution in [2.24, 2.45) is 0 Å². The molecular weight excluding hydrogens is 840 g/mol. The molecule has 1 aliphatic rings. The van der Waals surface area contributed by atoms with Gasteiger partial charge in [0, 0.05) is 12.8 Å². The second kappa shape index (κ2) is 40.6. The predicted octanol–water partition coefficient (Wildman–Crippen LogP) is 11.0. The number of carbonyl (C=O) groups excluding carboxylic acids is 2. The Kier molecular flexibility index (Phi) is 38.5. The Morgan fingerprint density at radius 1 is 0.469 bits per heavy atom. The maximum atomic E-state index is 12.8. The van der Waals surface area contributed by atoms with E-state index in [1.165, 1.54) is 141 Å². The Morgan fingerprint density at radius 2 is 0.797 bits per heavy atom. The lowest BCUT2D eigenvalue weighted by Crippen LogP contribution is -2.64. The fourth-order valence-electron chi connectivity index (χ4n) is 8.17. The van der Waals surface area contributed by atoms with Gasteiger partial charge in [0.2, 0.25) is 0 Å². The standard InChI is InChI=1S/C50H95O13P/c1-3-5-7-9-11-13-15-17-19-21-22-23-25-27-29-31-33-35-37-39-44(52)62-42(41-61-64(58,59)63-50-48(56)46(54)45(53)47(55)49(50)57)40-60-43(51)38-36-34-32-30-28-26-24-20-18-16-14-12-10-8-6-4-2/h20,24,42,45-50,53-57H,3-19,21-23,25-41H2,1-2H3,(H,58,59)/b24-20-/t42-,45?,46-,47?,48?,49?,50?/m1/s1. The summed E-state index contributed by atoms with van der Waals surface area (Å²) in [5.41, 5.74) is 0. The molecule has 0 saturated heterocycles. The Balaban J connectivity index is 2.39. The fourth-order valence-corrected chi connectivity index (χ4v) is 9.14. The molecule has 0 amide bonds. The van der Waals surface area contributed by atoms with Crippen LogP contribution in [0.2, 0.25) is 0 Å². The quantitative estimate of drug-likeness (QED) is 0.0146. The van der Waals surface area contributed by atoms with Crippen LogP contribution in [0.3, 0.4) is 0 Å². The van der Waals surface area contributed by atoms with E-state index in [4.69, 9.17) is 18.5 Å². The Morgan fingerprint density at radius 3 is 1.19 bits per heavy atom. The second-order valence-electron chi connectivity index (χ2n) is 18.4. The number of allylic oxidation sites excluding steroid dienone is 2. The minimum atomic E-state index is -5.12. The molecule has 1 rings (SSSR count). The van der Waals surface area contributed by atoms with Crippen molar-refractivity contribution < 1.29 is 63.1 Å². The van der Waals surface area contributed by atoms with E-state index < -0.39 is 75.7 Å². The van der Waals surface area contributed by atoms with Crippen LogP contribution in [0.5, 0.6) is 0 Å². The van der Waals surface area contributed by atoms with Gasteiger partial charge < -0.3 is 39.9 Å². The molecule has 6 N–H and O–H groups in total. The average molecular weight is 935 g/mol. The van der Waals surface area contributed by atoms with Crippen LogP contribution < -0.4 is 0 Å². The molecule has 1 aliphatic carbocycles. The van der Waals surface area contributed by atoms with E-state index in [9.17, 15) is 44.6 Å². The zero-order valence-corrected chi connectivity index (χ0v) is 41.2. The molecule has 0 bridgehead atoms. The van der Waals surface area contributed by atoms with Crippen LogP contribution in [0.15, 0.2) is 12.2 Å². The van der Waals surface area contributed by atoms with E-state index in [2.05, 4.69) is 26.0 Å². The van der Waals surface area contributed by atoms with Crippen molar-refractivity contribution in [3.8, 4) is 0 Å². The summed E-state index contributed by atoms with van der Waals surface area (Å²) in [5, 5.41) is 50.3. The van der Waals surface area contributed by atoms with Gasteiger partial charge in [-0.1, -0.05) is 199 Å². The number of esters is 2. The first kappa shape index (κ1) is 60.6. The van der Waals surface area contributed by atoms with Gasteiger partial charge in [-0.15, -0.1) is 0 Å².